The quantitative estimate of drug-likeness (QED) is 0.554. The van der Waals surface area contributed by atoms with E-state index in [1.807, 2.05) is 6.07 Å². The number of hydrogen-bond acceptors (Lipinski definition) is 5. The molecule has 7 nitrogen and oxygen atoms in total. The zero-order chi connectivity index (χ0) is 20.4. The first kappa shape index (κ1) is 19.4. The summed E-state index contributed by atoms with van der Waals surface area (Å²) >= 11 is 3.32. The van der Waals surface area contributed by atoms with E-state index >= 15 is 0 Å². The number of hydrogen-bond donors (Lipinski definition) is 1. The molecule has 2 aliphatic heterocycles. The molecule has 4 amide bonds. The fraction of sp³-hybridized carbons (Fsp3) is 0.286. The predicted octanol–water partition coefficient (Wildman–Crippen LogP) is 4.09. The molecule has 8 heteroatoms. The maximum atomic E-state index is 12.9. The van der Waals surface area contributed by atoms with E-state index in [-0.39, 0.29) is 5.57 Å². The lowest BCUT2D eigenvalue weighted by atomic mass is 10.1. The molecule has 0 aliphatic carbocycles. The van der Waals surface area contributed by atoms with E-state index in [0.717, 1.165) is 41.2 Å². The Labute approximate surface area is 176 Å². The number of carbonyl (C=O) groups excluding carboxylic acids is 3. The summed E-state index contributed by atoms with van der Waals surface area (Å²) in [5.41, 5.74) is 0.225. The number of amides is 4. The van der Waals surface area contributed by atoms with Crippen molar-refractivity contribution in [1.29, 1.82) is 0 Å². The number of barbiturate groups is 1. The average molecular weight is 458 g/mol. The number of benzene rings is 1. The standard InChI is InChI=1S/C21H20BrN3O4/c22-14-5-7-15(8-6-14)25-20(27)17(19(26)23-21(25)28)13-16-9-10-18(29-16)24-11-3-1-2-4-12-24/h5-10,13H,1-4,11-12H2,(H,23,26,28)/b17-13+. The highest BCUT2D eigenvalue weighted by atomic mass is 79.9. The molecule has 1 N–H and O–H groups in total. The van der Waals surface area contributed by atoms with Crippen molar-refractivity contribution in [2.45, 2.75) is 25.7 Å². The molecule has 4 rings (SSSR count). The van der Waals surface area contributed by atoms with Crippen LogP contribution >= 0.6 is 15.9 Å². The first-order valence-electron chi connectivity index (χ1n) is 9.55. The molecule has 2 saturated heterocycles. The summed E-state index contributed by atoms with van der Waals surface area (Å²) in [6.45, 7) is 1.85. The predicted molar refractivity (Wildman–Crippen MR) is 113 cm³/mol. The second-order valence-electron chi connectivity index (χ2n) is 7.01. The van der Waals surface area contributed by atoms with E-state index < -0.39 is 17.8 Å². The monoisotopic (exact) mass is 457 g/mol. The van der Waals surface area contributed by atoms with Crippen molar-refractivity contribution >= 4 is 51.4 Å². The van der Waals surface area contributed by atoms with Gasteiger partial charge in [-0.2, -0.15) is 0 Å². The molecule has 1 aromatic carbocycles. The highest BCUT2D eigenvalue weighted by Gasteiger charge is 2.37. The van der Waals surface area contributed by atoms with Crippen LogP contribution in [-0.2, 0) is 9.59 Å². The van der Waals surface area contributed by atoms with Gasteiger partial charge in [0.15, 0.2) is 5.88 Å². The largest absolute Gasteiger partial charge is 0.441 e. The summed E-state index contributed by atoms with van der Waals surface area (Å²) in [4.78, 5) is 40.6. The number of halogens is 1. The molecule has 2 aliphatic rings. The Balaban J connectivity index is 1.60. The van der Waals surface area contributed by atoms with Gasteiger partial charge in [0.1, 0.15) is 11.3 Å². The third kappa shape index (κ3) is 4.12. The summed E-state index contributed by atoms with van der Waals surface area (Å²) < 4.78 is 6.68. The number of furan rings is 1. The van der Waals surface area contributed by atoms with Crippen molar-refractivity contribution < 1.29 is 18.8 Å². The first-order valence-corrected chi connectivity index (χ1v) is 10.3. The van der Waals surface area contributed by atoms with E-state index in [2.05, 4.69) is 26.1 Å². The average Bonchev–Trinajstić information content (AvgIpc) is 2.99. The third-order valence-electron chi connectivity index (χ3n) is 5.00. The number of anilines is 2. The SMILES string of the molecule is O=C1NC(=O)N(c2ccc(Br)cc2)C(=O)/C1=C/c1ccc(N2CCCCCC2)o1. The fourth-order valence-corrected chi connectivity index (χ4v) is 3.77. The molecular weight excluding hydrogens is 438 g/mol. The summed E-state index contributed by atoms with van der Waals surface area (Å²) in [6, 6.07) is 9.49. The van der Waals surface area contributed by atoms with E-state index in [4.69, 9.17) is 4.42 Å². The molecule has 0 radical (unpaired) electrons. The maximum Gasteiger partial charge on any atom is 0.335 e. The lowest BCUT2D eigenvalue weighted by Crippen LogP contribution is -2.54. The van der Waals surface area contributed by atoms with Crippen LogP contribution in [0.25, 0.3) is 6.08 Å². The molecule has 1 aromatic heterocycles. The van der Waals surface area contributed by atoms with Gasteiger partial charge in [0, 0.05) is 23.6 Å². The maximum absolute atomic E-state index is 12.9. The Morgan fingerprint density at radius 3 is 2.31 bits per heavy atom. The van der Waals surface area contributed by atoms with Gasteiger partial charge in [-0.3, -0.25) is 14.9 Å². The highest BCUT2D eigenvalue weighted by Crippen LogP contribution is 2.26. The number of imide groups is 2. The van der Waals surface area contributed by atoms with Crippen LogP contribution < -0.4 is 15.1 Å². The number of urea groups is 1. The molecule has 3 heterocycles. The Kier molecular flexibility index (Phi) is 5.53. The second-order valence-corrected chi connectivity index (χ2v) is 7.93. The Morgan fingerprint density at radius 2 is 1.62 bits per heavy atom. The summed E-state index contributed by atoms with van der Waals surface area (Å²) in [5, 5.41) is 2.22. The van der Waals surface area contributed by atoms with Crippen LogP contribution in [0.15, 0.2) is 50.9 Å². The van der Waals surface area contributed by atoms with Crippen LogP contribution in [0.4, 0.5) is 16.4 Å². The van der Waals surface area contributed by atoms with Crippen molar-refractivity contribution in [3.05, 3.63) is 52.2 Å². The van der Waals surface area contributed by atoms with Gasteiger partial charge >= 0.3 is 6.03 Å². The van der Waals surface area contributed by atoms with Crippen LogP contribution in [0.5, 0.6) is 0 Å². The molecule has 0 atom stereocenters. The summed E-state index contributed by atoms with van der Waals surface area (Å²) in [6.07, 6.45) is 6.03. The first-order chi connectivity index (χ1) is 14.0. The minimum atomic E-state index is -0.774. The van der Waals surface area contributed by atoms with Crippen LogP contribution in [0, 0.1) is 0 Å². The van der Waals surface area contributed by atoms with E-state index in [1.165, 1.54) is 18.9 Å². The molecule has 2 fully saturated rings. The van der Waals surface area contributed by atoms with Crippen molar-refractivity contribution in [3.63, 3.8) is 0 Å². The van der Waals surface area contributed by atoms with Crippen LogP contribution in [0.2, 0.25) is 0 Å². The van der Waals surface area contributed by atoms with Gasteiger partial charge in [0.25, 0.3) is 11.8 Å². The zero-order valence-corrected chi connectivity index (χ0v) is 17.3. The summed E-state index contributed by atoms with van der Waals surface area (Å²) in [5.74, 6) is -0.300. The van der Waals surface area contributed by atoms with E-state index in [1.54, 1.807) is 30.3 Å². The van der Waals surface area contributed by atoms with Crippen molar-refractivity contribution in [2.75, 3.05) is 22.9 Å². The second kappa shape index (κ2) is 8.24. The lowest BCUT2D eigenvalue weighted by molar-refractivity contribution is -0.122. The molecule has 0 bridgehead atoms. The summed E-state index contributed by atoms with van der Waals surface area (Å²) in [7, 11) is 0. The van der Waals surface area contributed by atoms with E-state index in [9.17, 15) is 14.4 Å². The number of nitrogens with one attached hydrogen (secondary N) is 1. The van der Waals surface area contributed by atoms with Gasteiger partial charge in [-0.25, -0.2) is 9.69 Å². The van der Waals surface area contributed by atoms with Crippen molar-refractivity contribution in [1.82, 2.24) is 5.32 Å². The Hall–Kier alpha value is -2.87. The minimum Gasteiger partial charge on any atom is -0.441 e. The minimum absolute atomic E-state index is 0.149. The molecule has 0 saturated carbocycles. The van der Waals surface area contributed by atoms with Gasteiger partial charge in [-0.15, -0.1) is 0 Å². The molecule has 0 spiro atoms. The van der Waals surface area contributed by atoms with Crippen LogP contribution in [0.1, 0.15) is 31.4 Å². The molecular formula is C21H20BrN3O4. The van der Waals surface area contributed by atoms with Gasteiger partial charge in [-0.05, 0) is 49.2 Å². The third-order valence-corrected chi connectivity index (χ3v) is 5.53. The van der Waals surface area contributed by atoms with E-state index in [0.29, 0.717) is 11.4 Å². The molecule has 29 heavy (non-hydrogen) atoms. The molecule has 150 valence electrons. The molecule has 2 aromatic rings. The van der Waals surface area contributed by atoms with Crippen LogP contribution in [-0.4, -0.2) is 30.9 Å². The normalized spacial score (nSPS) is 19.5. The fourth-order valence-electron chi connectivity index (χ4n) is 3.51. The van der Waals surface area contributed by atoms with Gasteiger partial charge in [0.05, 0.1) is 5.69 Å². The molecule has 0 unspecified atom stereocenters. The topological polar surface area (TPSA) is 82.9 Å². The van der Waals surface area contributed by atoms with Crippen molar-refractivity contribution in [2.24, 2.45) is 0 Å². The lowest BCUT2D eigenvalue weighted by Gasteiger charge is -2.26. The van der Waals surface area contributed by atoms with Gasteiger partial charge in [-0.1, -0.05) is 28.8 Å². The zero-order valence-electron chi connectivity index (χ0n) is 15.7. The van der Waals surface area contributed by atoms with Crippen LogP contribution in [0.3, 0.4) is 0 Å². The number of rotatable bonds is 3. The number of carbonyl (C=O) groups is 3. The smallest absolute Gasteiger partial charge is 0.335 e. The van der Waals surface area contributed by atoms with Gasteiger partial charge < -0.3 is 9.32 Å². The van der Waals surface area contributed by atoms with Crippen molar-refractivity contribution in [3.8, 4) is 0 Å². The number of nitrogens with zero attached hydrogens (tertiary/aromatic N) is 2. The Morgan fingerprint density at radius 1 is 0.931 bits per heavy atom. The Bertz CT molecular complexity index is 972. The van der Waals surface area contributed by atoms with Gasteiger partial charge in [0.2, 0.25) is 0 Å². The highest BCUT2D eigenvalue weighted by molar-refractivity contribution is 9.10.